The van der Waals surface area contributed by atoms with Crippen LogP contribution in [0.25, 0.3) is 0 Å². The van der Waals surface area contributed by atoms with Crippen LogP contribution in [0.3, 0.4) is 0 Å². The van der Waals surface area contributed by atoms with Gasteiger partial charge in [0, 0.05) is 0 Å². The molecule has 0 saturated carbocycles. The normalized spacial score (nSPS) is 1.50. The Labute approximate surface area is 90.1 Å². The molecule has 4 heavy (non-hydrogen) atoms. The predicted octanol–water partition coefficient (Wildman–Crippen LogP) is -0.294. The van der Waals surface area contributed by atoms with Gasteiger partial charge in [-0.2, -0.15) is 0 Å². The fourth-order valence-corrected chi connectivity index (χ4v) is 0. The number of hydrogen-bond acceptors (Lipinski definition) is 2. The monoisotopic (exact) mass is 118 g/mol. The summed E-state index contributed by atoms with van der Waals surface area (Å²) in [4.78, 5) is 0. The molecule has 0 rings (SSSR count). The van der Waals surface area contributed by atoms with E-state index in [4.69, 9.17) is 10.5 Å². The number of hydrogen-bond donors (Lipinski definition) is 2. The van der Waals surface area contributed by atoms with Crippen molar-refractivity contribution in [1.82, 2.24) is 0 Å². The fraction of sp³-hybridized carbons (Fsp3) is 0. The van der Waals surface area contributed by atoms with Crippen LogP contribution in [0.1, 0.15) is 5.71 Å². The van der Waals surface area contributed by atoms with Crippen LogP contribution in [0.5, 0.6) is 0 Å². The van der Waals surface area contributed by atoms with E-state index in [1.807, 2.05) is 0 Å². The summed E-state index contributed by atoms with van der Waals surface area (Å²) in [6.45, 7) is 0. The zero-order chi connectivity index (χ0) is 2.00. The van der Waals surface area contributed by atoms with E-state index in [0.717, 1.165) is 0 Å². The van der Waals surface area contributed by atoms with Crippen LogP contribution in [-0.4, -0.2) is 86.0 Å². The van der Waals surface area contributed by atoms with Crippen molar-refractivity contribution in [2.24, 2.45) is 0 Å². The second-order valence-electron chi connectivity index (χ2n) is 0. The summed E-state index contributed by atoms with van der Waals surface area (Å²) in [7, 11) is 0. The molecule has 0 bridgehead atoms. The Morgan fingerprint density at radius 3 is 1.00 bits per heavy atom. The van der Waals surface area contributed by atoms with Gasteiger partial charge in [0.1, 0.15) is 0 Å². The van der Waals surface area contributed by atoms with Crippen molar-refractivity contribution in [3.63, 3.8) is 0 Å². The number of rotatable bonds is 0. The van der Waals surface area contributed by atoms with Crippen molar-refractivity contribution in [3.8, 4) is 0 Å². The molecule has 0 atom stereocenters. The van der Waals surface area contributed by atoms with Gasteiger partial charge in [-0.05, 0) is 0 Å². The molecule has 22 valence electrons. The summed E-state index contributed by atoms with van der Waals surface area (Å²) >= 11 is 0. The van der Waals surface area contributed by atoms with E-state index < -0.39 is 0 Å². The van der Waals surface area contributed by atoms with Crippen molar-refractivity contribution in [3.05, 3.63) is 0 Å². The van der Waals surface area contributed by atoms with Crippen LogP contribution in [0, 0.1) is 0 Å². The zero-order valence-electron chi connectivity index (χ0n) is 6.31. The van der Waals surface area contributed by atoms with E-state index >= 15 is 0 Å². The molecule has 0 heterocycles. The topological polar surface area (TPSA) is 40.5 Å². The molecule has 0 amide bonds. The van der Waals surface area contributed by atoms with Gasteiger partial charge in [-0.15, -0.1) is 0 Å². The summed E-state index contributed by atoms with van der Waals surface area (Å²) in [6.07, 6.45) is 0. The molecule has 0 aliphatic heterocycles. The molecule has 0 fully saturated rings. The Morgan fingerprint density at radius 1 is 1.00 bits per heavy atom. The van der Waals surface area contributed by atoms with Crippen LogP contribution in [0.4, 0.5) is 0 Å². The minimum atomic E-state index is 0. The Bertz CT molecular complexity index is 12.0. The molecule has 0 aromatic rings. The first-order chi connectivity index (χ1) is 1.00. The van der Waals surface area contributed by atoms with Gasteiger partial charge >= 0.3 is 75.5 Å². The van der Waals surface area contributed by atoms with Crippen LogP contribution in [0.15, 0.2) is 0 Å². The average molecular weight is 118 g/mol. The molecule has 2 N–H and O–H groups in total. The van der Waals surface area contributed by atoms with Gasteiger partial charge in [0.15, 0.2) is 0 Å². The second kappa shape index (κ2) is 18.0. The summed E-state index contributed by atoms with van der Waals surface area (Å²) in [5.74, 6) is 0. The Hall–Kier alpha value is 2.44. The van der Waals surface area contributed by atoms with Crippen molar-refractivity contribution in [1.29, 1.82) is 0 Å². The summed E-state index contributed by atoms with van der Waals surface area (Å²) in [5.41, 5.74) is 0. The fourth-order valence-electron chi connectivity index (χ4n) is 0. The maximum absolute atomic E-state index is 6.00. The van der Waals surface area contributed by atoms with E-state index in [1.165, 1.54) is 0 Å². The predicted molar refractivity (Wildman–Crippen MR) is 21.2 cm³/mol. The first-order valence-electron chi connectivity index (χ1n) is 0.200. The first kappa shape index (κ1) is 16.1. The van der Waals surface area contributed by atoms with Gasteiger partial charge in [0.2, 0.25) is 0 Å². The van der Waals surface area contributed by atoms with Crippen LogP contribution in [0.2, 0.25) is 0 Å². The van der Waals surface area contributed by atoms with Gasteiger partial charge < -0.3 is 5.71 Å². The van der Waals surface area contributed by atoms with Crippen LogP contribution < -0.4 is 0 Å². The maximum atomic E-state index is 6.00. The molecule has 0 aliphatic rings. The van der Waals surface area contributed by atoms with Crippen molar-refractivity contribution in [2.45, 2.75) is 0 Å². The van der Waals surface area contributed by atoms with Crippen molar-refractivity contribution < 1.29 is 16.2 Å². The second-order valence-corrected chi connectivity index (χ2v) is 0. The van der Waals surface area contributed by atoms with Crippen LogP contribution in [-0.2, 0) is 0 Å². The van der Waals surface area contributed by atoms with E-state index in [-0.39, 0.29) is 81.2 Å². The van der Waals surface area contributed by atoms with Crippen molar-refractivity contribution in [2.75, 3.05) is 0 Å². The molecule has 0 aromatic heterocycles. The zero-order valence-corrected chi connectivity index (χ0v) is 6.73. The largest absolute Gasteiger partial charge is 2.00 e. The Balaban J connectivity index is -0.000000000333. The van der Waals surface area contributed by atoms with Gasteiger partial charge in [0.05, 0.1) is 0 Å². The van der Waals surface area contributed by atoms with Crippen molar-refractivity contribution >= 4 is 75.5 Å². The Kier molecular flexibility index (Phi) is 72.5. The van der Waals surface area contributed by atoms with E-state index in [1.54, 1.807) is 0 Å². The minimum Gasteiger partial charge on any atom is -1.00 e. The third-order valence-corrected chi connectivity index (χ3v) is 0. The molecule has 0 aliphatic carbocycles. The van der Waals surface area contributed by atoms with E-state index in [2.05, 4.69) is 0 Å². The third-order valence-electron chi connectivity index (χ3n) is 0. The molecular formula is H6Ca2O2. The molecule has 2 nitrogen and oxygen atoms in total. The summed E-state index contributed by atoms with van der Waals surface area (Å²) in [5, 5.41) is 12.0. The SMILES string of the molecule is OO.[Ca+2].[Ca+2].[H-].[H-].[H-].[H-]. The van der Waals surface area contributed by atoms with Gasteiger partial charge in [-0.3, -0.25) is 10.5 Å². The molecule has 0 spiro atoms. The van der Waals surface area contributed by atoms with E-state index in [0.29, 0.717) is 0 Å². The summed E-state index contributed by atoms with van der Waals surface area (Å²) < 4.78 is 0. The summed E-state index contributed by atoms with van der Waals surface area (Å²) in [6, 6.07) is 0. The maximum Gasteiger partial charge on any atom is 2.00 e. The van der Waals surface area contributed by atoms with E-state index in [9.17, 15) is 0 Å². The molecule has 0 aromatic carbocycles. The minimum absolute atomic E-state index is 0. The van der Waals surface area contributed by atoms with Gasteiger partial charge in [-0.25, -0.2) is 0 Å². The standard InChI is InChI=1S/2Ca.H2O2.4H/c;;1-2;;;;/h;;1-2H;;;;/q2*+2;;4*-1. The van der Waals surface area contributed by atoms with Crippen LogP contribution >= 0.6 is 0 Å². The molecule has 4 heteroatoms. The van der Waals surface area contributed by atoms with Gasteiger partial charge in [-0.1, -0.05) is 0 Å². The quantitative estimate of drug-likeness (QED) is 0.260. The molecule has 0 radical (unpaired) electrons. The molecular weight excluding hydrogens is 112 g/mol. The Morgan fingerprint density at radius 2 is 1.00 bits per heavy atom. The van der Waals surface area contributed by atoms with Gasteiger partial charge in [0.25, 0.3) is 0 Å². The first-order valence-corrected chi connectivity index (χ1v) is 0.200. The molecule has 0 saturated heterocycles. The smallest absolute Gasteiger partial charge is 1.00 e. The third kappa shape index (κ3) is 8.83. The molecule has 0 unspecified atom stereocenters. The average Bonchev–Trinajstić information content (AvgIpc) is 1.00.